The van der Waals surface area contributed by atoms with Crippen molar-refractivity contribution in [2.75, 3.05) is 10.8 Å². The van der Waals surface area contributed by atoms with Gasteiger partial charge in [-0.05, 0) is 61.6 Å². The third-order valence-corrected chi connectivity index (χ3v) is 9.69. The third kappa shape index (κ3) is 7.78. The summed E-state index contributed by atoms with van der Waals surface area (Å²) in [6, 6.07) is 19.5. The summed E-state index contributed by atoms with van der Waals surface area (Å²) in [6.07, 6.45) is 5.31. The number of hydrogen-bond acceptors (Lipinski definition) is 6. The predicted molar refractivity (Wildman–Crippen MR) is 165 cm³/mol. The zero-order valence-electron chi connectivity index (χ0n) is 24.5. The second-order valence-electron chi connectivity index (χ2n) is 10.8. The van der Waals surface area contributed by atoms with E-state index in [0.29, 0.717) is 6.42 Å². The van der Waals surface area contributed by atoms with Crippen LogP contribution in [0.4, 0.5) is 11.4 Å². The lowest BCUT2D eigenvalue weighted by Crippen LogP contribution is -2.54. The summed E-state index contributed by atoms with van der Waals surface area (Å²) in [5, 5.41) is 14.4. The summed E-state index contributed by atoms with van der Waals surface area (Å²) in [5.74, 6) is -0.823. The quantitative estimate of drug-likeness (QED) is 0.218. The molecule has 0 aliphatic heterocycles. The van der Waals surface area contributed by atoms with Crippen molar-refractivity contribution in [1.82, 2.24) is 10.2 Å². The van der Waals surface area contributed by atoms with Crippen LogP contribution in [0.1, 0.15) is 56.6 Å². The van der Waals surface area contributed by atoms with Gasteiger partial charge >= 0.3 is 0 Å². The van der Waals surface area contributed by atoms with E-state index in [4.69, 9.17) is 0 Å². The average molecular weight is 607 g/mol. The van der Waals surface area contributed by atoms with Gasteiger partial charge in [-0.2, -0.15) is 0 Å². The number of nitro benzene ring substituents is 1. The zero-order valence-corrected chi connectivity index (χ0v) is 25.3. The topological polar surface area (TPSA) is 130 Å². The lowest BCUT2D eigenvalue weighted by Gasteiger charge is -2.34. The molecule has 1 aliphatic carbocycles. The number of carbonyl (C=O) groups excluding carboxylic acids is 2. The lowest BCUT2D eigenvalue weighted by molar-refractivity contribution is -0.384. The Balaban J connectivity index is 1.72. The highest BCUT2D eigenvalue weighted by molar-refractivity contribution is 7.92. The van der Waals surface area contributed by atoms with Crippen LogP contribution in [0.5, 0.6) is 0 Å². The molecule has 3 aromatic rings. The fourth-order valence-electron chi connectivity index (χ4n) is 5.42. The van der Waals surface area contributed by atoms with Gasteiger partial charge in [-0.25, -0.2) is 8.42 Å². The van der Waals surface area contributed by atoms with E-state index in [1.54, 1.807) is 18.2 Å². The van der Waals surface area contributed by atoms with Gasteiger partial charge < -0.3 is 10.2 Å². The number of anilines is 1. The van der Waals surface area contributed by atoms with Crippen molar-refractivity contribution < 1.29 is 22.9 Å². The van der Waals surface area contributed by atoms with E-state index in [9.17, 15) is 28.1 Å². The van der Waals surface area contributed by atoms with Gasteiger partial charge in [-0.1, -0.05) is 68.7 Å². The number of nitrogens with zero attached hydrogens (tertiary/aromatic N) is 3. The van der Waals surface area contributed by atoms with Gasteiger partial charge in [-0.15, -0.1) is 0 Å². The molecule has 3 aromatic carbocycles. The molecule has 1 saturated carbocycles. The standard InChI is InChI=1S/C32H38N4O6S/c1-3-30(32(38)33-26-14-6-4-7-15-26)34(22-25-13-11-10-12-24(25)2)31(37)23-35(27-18-20-28(21-19-27)36(39)40)43(41,42)29-16-8-5-9-17-29/h5,8-13,16-21,26,30H,3-4,6-7,14-15,22-23H2,1-2H3,(H,33,38)/t30-/m1/s1. The summed E-state index contributed by atoms with van der Waals surface area (Å²) in [6.45, 7) is 3.26. The van der Waals surface area contributed by atoms with Crippen LogP contribution in [-0.4, -0.2) is 48.7 Å². The first-order valence-electron chi connectivity index (χ1n) is 14.6. The first-order valence-corrected chi connectivity index (χ1v) is 16.0. The Bertz CT molecular complexity index is 1520. The molecule has 228 valence electrons. The minimum absolute atomic E-state index is 0.0336. The first-order chi connectivity index (χ1) is 20.6. The fourth-order valence-corrected chi connectivity index (χ4v) is 6.86. The Morgan fingerprint density at radius 3 is 2.19 bits per heavy atom. The van der Waals surface area contributed by atoms with E-state index in [2.05, 4.69) is 5.32 Å². The SMILES string of the molecule is CC[C@H](C(=O)NC1CCCCC1)N(Cc1ccccc1C)C(=O)CN(c1ccc([N+](=O)[O-])cc1)S(=O)(=O)c1ccccc1. The van der Waals surface area contributed by atoms with Gasteiger partial charge in [0, 0.05) is 24.7 Å². The molecule has 0 heterocycles. The van der Waals surface area contributed by atoms with Crippen LogP contribution in [0.2, 0.25) is 0 Å². The van der Waals surface area contributed by atoms with Crippen molar-refractivity contribution in [3.63, 3.8) is 0 Å². The molecule has 0 bridgehead atoms. The van der Waals surface area contributed by atoms with Gasteiger partial charge in [0.05, 0.1) is 15.5 Å². The molecular formula is C32H38N4O6S. The maximum absolute atomic E-state index is 14.2. The highest BCUT2D eigenvalue weighted by Crippen LogP contribution is 2.27. The maximum atomic E-state index is 14.2. The zero-order chi connectivity index (χ0) is 31.0. The molecule has 1 atom stereocenters. The number of carbonyl (C=O) groups is 2. The van der Waals surface area contributed by atoms with Gasteiger partial charge in [0.2, 0.25) is 11.8 Å². The molecule has 10 nitrogen and oxygen atoms in total. The molecule has 1 aliphatic rings. The molecular weight excluding hydrogens is 568 g/mol. The number of amides is 2. The van der Waals surface area contributed by atoms with E-state index < -0.39 is 33.4 Å². The van der Waals surface area contributed by atoms with Crippen molar-refractivity contribution in [2.45, 2.75) is 75.9 Å². The van der Waals surface area contributed by atoms with E-state index in [-0.39, 0.29) is 34.8 Å². The summed E-state index contributed by atoms with van der Waals surface area (Å²) < 4.78 is 28.7. The second-order valence-corrected chi connectivity index (χ2v) is 12.7. The number of aryl methyl sites for hydroxylation is 1. The van der Waals surface area contributed by atoms with Crippen LogP contribution in [0, 0.1) is 17.0 Å². The number of sulfonamides is 1. The molecule has 0 radical (unpaired) electrons. The van der Waals surface area contributed by atoms with E-state index in [1.165, 1.54) is 41.3 Å². The molecule has 0 aromatic heterocycles. The maximum Gasteiger partial charge on any atom is 0.269 e. The van der Waals surface area contributed by atoms with E-state index in [0.717, 1.165) is 47.5 Å². The molecule has 43 heavy (non-hydrogen) atoms. The third-order valence-electron chi connectivity index (χ3n) is 7.90. The van der Waals surface area contributed by atoms with Crippen LogP contribution >= 0.6 is 0 Å². The second kappa shape index (κ2) is 14.3. The molecule has 2 amide bonds. The summed E-state index contributed by atoms with van der Waals surface area (Å²) >= 11 is 0. The Kier molecular flexibility index (Phi) is 10.5. The number of non-ortho nitro benzene ring substituents is 1. The van der Waals surface area contributed by atoms with Crippen LogP contribution < -0.4 is 9.62 Å². The van der Waals surface area contributed by atoms with Crippen LogP contribution in [0.15, 0.2) is 83.8 Å². The van der Waals surface area contributed by atoms with Crippen molar-refractivity contribution in [2.24, 2.45) is 0 Å². The molecule has 0 spiro atoms. The Morgan fingerprint density at radius 1 is 0.953 bits per heavy atom. The Morgan fingerprint density at radius 2 is 1.58 bits per heavy atom. The highest BCUT2D eigenvalue weighted by atomic mass is 32.2. The number of benzene rings is 3. The monoisotopic (exact) mass is 606 g/mol. The Hall–Kier alpha value is -4.25. The van der Waals surface area contributed by atoms with Gasteiger partial charge in [0.25, 0.3) is 15.7 Å². The minimum atomic E-state index is -4.26. The highest BCUT2D eigenvalue weighted by Gasteiger charge is 2.34. The number of hydrogen-bond donors (Lipinski definition) is 1. The molecule has 11 heteroatoms. The van der Waals surface area contributed by atoms with Crippen LogP contribution in [0.25, 0.3) is 0 Å². The van der Waals surface area contributed by atoms with E-state index >= 15 is 0 Å². The first kappa shape index (κ1) is 31.7. The summed E-state index contributed by atoms with van der Waals surface area (Å²) in [7, 11) is -4.26. The summed E-state index contributed by atoms with van der Waals surface area (Å²) in [5.41, 5.74) is 1.66. The smallest absolute Gasteiger partial charge is 0.269 e. The largest absolute Gasteiger partial charge is 0.352 e. The molecule has 1 fully saturated rings. The average Bonchev–Trinajstić information content (AvgIpc) is 3.01. The minimum Gasteiger partial charge on any atom is -0.352 e. The van der Waals surface area contributed by atoms with E-state index in [1.807, 2.05) is 38.1 Å². The van der Waals surface area contributed by atoms with Gasteiger partial charge in [-0.3, -0.25) is 24.0 Å². The fraction of sp³-hybridized carbons (Fsp3) is 0.375. The number of rotatable bonds is 12. The van der Waals surface area contributed by atoms with Crippen molar-refractivity contribution in [3.8, 4) is 0 Å². The molecule has 4 rings (SSSR count). The Labute approximate surface area is 252 Å². The van der Waals surface area contributed by atoms with Crippen LogP contribution in [0.3, 0.4) is 0 Å². The van der Waals surface area contributed by atoms with Gasteiger partial charge in [0.15, 0.2) is 0 Å². The summed E-state index contributed by atoms with van der Waals surface area (Å²) in [4.78, 5) is 40.0. The molecule has 1 N–H and O–H groups in total. The lowest BCUT2D eigenvalue weighted by atomic mass is 9.95. The van der Waals surface area contributed by atoms with Crippen molar-refractivity contribution in [3.05, 3.63) is 100 Å². The van der Waals surface area contributed by atoms with Gasteiger partial charge in [0.1, 0.15) is 12.6 Å². The predicted octanol–water partition coefficient (Wildman–Crippen LogP) is 5.35. The molecule has 0 unspecified atom stereocenters. The van der Waals surface area contributed by atoms with Crippen molar-refractivity contribution >= 4 is 33.2 Å². The molecule has 0 saturated heterocycles. The van der Waals surface area contributed by atoms with Crippen LogP contribution in [-0.2, 0) is 26.2 Å². The normalized spacial score (nSPS) is 14.5. The number of nitrogens with one attached hydrogen (secondary N) is 1. The van der Waals surface area contributed by atoms with Crippen molar-refractivity contribution in [1.29, 1.82) is 0 Å². The number of nitro groups is 1.